The Bertz CT molecular complexity index is 715. The van der Waals surface area contributed by atoms with Gasteiger partial charge >= 0.3 is 6.03 Å². The van der Waals surface area contributed by atoms with Crippen LogP contribution in [-0.4, -0.2) is 38.8 Å². The van der Waals surface area contributed by atoms with Gasteiger partial charge in [-0.1, -0.05) is 6.07 Å². The molecule has 0 saturated carbocycles. The first kappa shape index (κ1) is 17.3. The number of hydrogen-bond acceptors (Lipinski definition) is 4. The second kappa shape index (κ2) is 8.00. The summed E-state index contributed by atoms with van der Waals surface area (Å²) in [6, 6.07) is 5.78. The minimum Gasteiger partial charge on any atom is -0.478 e. The molecular formula is C18H25N5O2. The van der Waals surface area contributed by atoms with Gasteiger partial charge in [-0.15, -0.1) is 0 Å². The van der Waals surface area contributed by atoms with E-state index in [1.807, 2.05) is 41.8 Å². The summed E-state index contributed by atoms with van der Waals surface area (Å²) in [5.74, 6) is 0.576. The lowest BCUT2D eigenvalue weighted by molar-refractivity contribution is 0.147. The number of piperidine rings is 1. The van der Waals surface area contributed by atoms with Gasteiger partial charge in [0.25, 0.3) is 0 Å². The molecule has 2 amide bonds. The van der Waals surface area contributed by atoms with Gasteiger partial charge in [0.1, 0.15) is 0 Å². The number of likely N-dealkylation sites (tertiary alicyclic amines) is 1. The molecule has 0 radical (unpaired) electrons. The van der Waals surface area contributed by atoms with E-state index in [-0.39, 0.29) is 12.1 Å². The standard InChI is InChI=1S/C18H25N5O2/c1-3-25-17-14(7-6-10-19-17)13-20-18(24)23-12-5-4-8-16(23)15-9-11-21-22(15)2/h6-7,9-11,16H,3-5,8,12-13H2,1-2H3,(H,20,24). The summed E-state index contributed by atoms with van der Waals surface area (Å²) in [7, 11) is 1.92. The maximum Gasteiger partial charge on any atom is 0.318 e. The largest absolute Gasteiger partial charge is 0.478 e. The first-order chi connectivity index (χ1) is 12.2. The molecule has 25 heavy (non-hydrogen) atoms. The third-order valence-corrected chi connectivity index (χ3v) is 4.52. The third kappa shape index (κ3) is 3.92. The van der Waals surface area contributed by atoms with Gasteiger partial charge in [-0.05, 0) is 38.3 Å². The molecule has 2 aromatic heterocycles. The van der Waals surface area contributed by atoms with E-state index in [0.29, 0.717) is 19.0 Å². The zero-order valence-corrected chi connectivity index (χ0v) is 14.8. The number of hydrogen-bond donors (Lipinski definition) is 1. The van der Waals surface area contributed by atoms with Gasteiger partial charge < -0.3 is 15.0 Å². The summed E-state index contributed by atoms with van der Waals surface area (Å²) in [5.41, 5.74) is 1.96. The highest BCUT2D eigenvalue weighted by molar-refractivity contribution is 5.75. The van der Waals surface area contributed by atoms with Crippen LogP contribution in [0, 0.1) is 0 Å². The first-order valence-corrected chi connectivity index (χ1v) is 8.79. The molecule has 1 atom stereocenters. The number of pyridine rings is 1. The zero-order valence-electron chi connectivity index (χ0n) is 14.8. The molecule has 1 aliphatic rings. The number of amides is 2. The molecule has 1 saturated heterocycles. The fraction of sp³-hybridized carbons (Fsp3) is 0.500. The Morgan fingerprint density at radius 2 is 2.24 bits per heavy atom. The van der Waals surface area contributed by atoms with E-state index in [4.69, 9.17) is 4.74 Å². The quantitative estimate of drug-likeness (QED) is 0.906. The lowest BCUT2D eigenvalue weighted by Gasteiger charge is -2.35. The van der Waals surface area contributed by atoms with Crippen LogP contribution in [0.3, 0.4) is 0 Å². The number of ether oxygens (including phenoxy) is 1. The number of nitrogens with zero attached hydrogens (tertiary/aromatic N) is 4. The molecule has 0 bridgehead atoms. The number of carbonyl (C=O) groups is 1. The zero-order chi connectivity index (χ0) is 17.6. The second-order valence-corrected chi connectivity index (χ2v) is 6.14. The topological polar surface area (TPSA) is 72.3 Å². The summed E-state index contributed by atoms with van der Waals surface area (Å²) in [6.07, 6.45) is 6.59. The van der Waals surface area contributed by atoms with Crippen LogP contribution in [-0.2, 0) is 13.6 Å². The maximum absolute atomic E-state index is 12.8. The van der Waals surface area contributed by atoms with Gasteiger partial charge in [0.2, 0.25) is 5.88 Å². The normalized spacial score (nSPS) is 17.4. The van der Waals surface area contributed by atoms with E-state index in [1.165, 1.54) is 0 Å². The van der Waals surface area contributed by atoms with Crippen molar-refractivity contribution in [3.63, 3.8) is 0 Å². The van der Waals surface area contributed by atoms with Crippen molar-refractivity contribution in [1.82, 2.24) is 25.0 Å². The van der Waals surface area contributed by atoms with E-state index >= 15 is 0 Å². The van der Waals surface area contributed by atoms with Crippen molar-refractivity contribution >= 4 is 6.03 Å². The lowest BCUT2D eigenvalue weighted by Crippen LogP contribution is -2.44. The van der Waals surface area contributed by atoms with Gasteiger partial charge in [-0.25, -0.2) is 9.78 Å². The lowest BCUT2D eigenvalue weighted by atomic mass is 10.00. The average molecular weight is 343 g/mol. The molecular weight excluding hydrogens is 318 g/mol. The van der Waals surface area contributed by atoms with Crippen LogP contribution >= 0.6 is 0 Å². The Kier molecular flexibility index (Phi) is 5.53. The number of nitrogens with one attached hydrogen (secondary N) is 1. The minimum absolute atomic E-state index is 0.0581. The van der Waals surface area contributed by atoms with Crippen LogP contribution < -0.4 is 10.1 Å². The number of carbonyl (C=O) groups excluding carboxylic acids is 1. The van der Waals surface area contributed by atoms with Gasteiger partial charge in [0, 0.05) is 38.1 Å². The molecule has 7 heteroatoms. The maximum atomic E-state index is 12.8. The fourth-order valence-electron chi connectivity index (χ4n) is 3.29. The van der Waals surface area contributed by atoms with E-state index in [2.05, 4.69) is 15.4 Å². The van der Waals surface area contributed by atoms with Gasteiger partial charge in [-0.3, -0.25) is 4.68 Å². The van der Waals surface area contributed by atoms with Crippen molar-refractivity contribution < 1.29 is 9.53 Å². The molecule has 7 nitrogen and oxygen atoms in total. The highest BCUT2D eigenvalue weighted by Crippen LogP contribution is 2.30. The summed E-state index contributed by atoms with van der Waals surface area (Å²) in [4.78, 5) is 18.9. The summed E-state index contributed by atoms with van der Waals surface area (Å²) >= 11 is 0. The number of aryl methyl sites for hydroxylation is 1. The SMILES string of the molecule is CCOc1ncccc1CNC(=O)N1CCCCC1c1ccnn1C. The van der Waals surface area contributed by atoms with Crippen molar-refractivity contribution in [2.24, 2.45) is 7.05 Å². The summed E-state index contributed by atoms with van der Waals surface area (Å²) in [6.45, 7) is 3.62. The molecule has 2 aromatic rings. The van der Waals surface area contributed by atoms with Crippen LogP contribution in [0.25, 0.3) is 0 Å². The molecule has 3 rings (SSSR count). The number of urea groups is 1. The molecule has 1 fully saturated rings. The van der Waals surface area contributed by atoms with E-state index < -0.39 is 0 Å². The summed E-state index contributed by atoms with van der Waals surface area (Å²) < 4.78 is 7.37. The Balaban J connectivity index is 1.68. The minimum atomic E-state index is -0.0581. The van der Waals surface area contributed by atoms with Gasteiger partial charge in [-0.2, -0.15) is 5.10 Å². The summed E-state index contributed by atoms with van der Waals surface area (Å²) in [5, 5.41) is 7.26. The van der Waals surface area contributed by atoms with Crippen molar-refractivity contribution in [2.45, 2.75) is 38.8 Å². The van der Waals surface area contributed by atoms with Crippen molar-refractivity contribution in [2.75, 3.05) is 13.2 Å². The van der Waals surface area contributed by atoms with Crippen LogP contribution in [0.5, 0.6) is 5.88 Å². The smallest absolute Gasteiger partial charge is 0.318 e. The third-order valence-electron chi connectivity index (χ3n) is 4.52. The number of aromatic nitrogens is 3. The first-order valence-electron chi connectivity index (χ1n) is 8.79. The average Bonchev–Trinajstić information content (AvgIpc) is 3.07. The molecule has 0 spiro atoms. The van der Waals surface area contributed by atoms with Gasteiger partial charge in [0.05, 0.1) is 18.3 Å². The molecule has 3 heterocycles. The molecule has 1 N–H and O–H groups in total. The molecule has 1 aliphatic heterocycles. The van der Waals surface area contributed by atoms with Crippen molar-refractivity contribution in [3.05, 3.63) is 41.9 Å². The monoisotopic (exact) mass is 343 g/mol. The van der Waals surface area contributed by atoms with Crippen molar-refractivity contribution in [3.8, 4) is 5.88 Å². The van der Waals surface area contributed by atoms with Crippen LogP contribution in [0.1, 0.15) is 43.5 Å². The Labute approximate surface area is 148 Å². The molecule has 1 unspecified atom stereocenters. The predicted molar refractivity (Wildman–Crippen MR) is 94.1 cm³/mol. The Morgan fingerprint density at radius 1 is 1.36 bits per heavy atom. The fourth-order valence-corrected chi connectivity index (χ4v) is 3.29. The van der Waals surface area contributed by atoms with E-state index in [9.17, 15) is 4.79 Å². The van der Waals surface area contributed by atoms with Gasteiger partial charge in [0.15, 0.2) is 0 Å². The van der Waals surface area contributed by atoms with Crippen LogP contribution in [0.15, 0.2) is 30.6 Å². The number of rotatable bonds is 5. The molecule has 0 aromatic carbocycles. The molecule has 134 valence electrons. The highest BCUT2D eigenvalue weighted by atomic mass is 16.5. The molecule has 0 aliphatic carbocycles. The Hall–Kier alpha value is -2.57. The van der Waals surface area contributed by atoms with Crippen LogP contribution in [0.4, 0.5) is 4.79 Å². The van der Waals surface area contributed by atoms with Crippen molar-refractivity contribution in [1.29, 1.82) is 0 Å². The van der Waals surface area contributed by atoms with E-state index in [0.717, 1.165) is 37.1 Å². The van der Waals surface area contributed by atoms with E-state index in [1.54, 1.807) is 12.4 Å². The predicted octanol–water partition coefficient (Wildman–Crippen LogP) is 2.65. The highest BCUT2D eigenvalue weighted by Gasteiger charge is 2.29. The van der Waals surface area contributed by atoms with Crippen LogP contribution in [0.2, 0.25) is 0 Å². The second-order valence-electron chi connectivity index (χ2n) is 6.14. The Morgan fingerprint density at radius 3 is 3.00 bits per heavy atom.